The second kappa shape index (κ2) is 8.47. The molecule has 0 aliphatic heterocycles. The molecule has 0 amide bonds. The molecule has 4 aliphatic carbocycles. The van der Waals surface area contributed by atoms with Crippen molar-refractivity contribution >= 4 is 38.4 Å². The first-order valence-electron chi connectivity index (χ1n) is 11.4. The lowest BCUT2D eigenvalue weighted by atomic mass is 9.53. The Labute approximate surface area is 207 Å². The minimum atomic E-state index is -6.32. The molecule has 4 aliphatic rings. The first kappa shape index (κ1) is 25.6. The minimum Gasteiger partial charge on any atom is -0.454 e. The van der Waals surface area contributed by atoms with E-state index in [-0.39, 0.29) is 31.0 Å². The van der Waals surface area contributed by atoms with Gasteiger partial charge in [0.05, 0.1) is 0 Å². The van der Waals surface area contributed by atoms with Crippen LogP contribution in [0.2, 0.25) is 0 Å². The number of esters is 1. The van der Waals surface area contributed by atoms with E-state index in [0.29, 0.717) is 23.6 Å². The molecule has 13 heteroatoms. The summed E-state index contributed by atoms with van der Waals surface area (Å²) in [6.45, 7) is 0. The standard InChI is InChI=1S/C24H20F5NO6S/c25-23(26,27)20(16-6-5-14-3-1-2-4-15(14)9-16)30-36-37(33,34)24(28,29)21(32)35-22-10-13-7-17(11-22)19(31)18(8-13)12-22/h1-6,9,13,17-18H,7-8,10-12H2/b30-20-. The summed E-state index contributed by atoms with van der Waals surface area (Å²) in [6.07, 6.45) is -3.97. The highest BCUT2D eigenvalue weighted by atomic mass is 32.2. The summed E-state index contributed by atoms with van der Waals surface area (Å²) in [5, 5.41) is -1.92. The molecular formula is C24H20F5NO6S. The Balaban J connectivity index is 1.38. The largest absolute Gasteiger partial charge is 0.478 e. The van der Waals surface area contributed by atoms with Crippen LogP contribution >= 0.6 is 0 Å². The average Bonchev–Trinajstić information content (AvgIpc) is 2.80. The van der Waals surface area contributed by atoms with Crippen molar-refractivity contribution in [2.75, 3.05) is 0 Å². The fourth-order valence-electron chi connectivity index (χ4n) is 5.90. The van der Waals surface area contributed by atoms with Gasteiger partial charge in [0, 0.05) is 17.4 Å². The van der Waals surface area contributed by atoms with Gasteiger partial charge in [-0.15, -0.1) is 0 Å². The lowest BCUT2D eigenvalue weighted by molar-refractivity contribution is -0.202. The molecule has 2 aromatic carbocycles. The first-order valence-corrected chi connectivity index (χ1v) is 12.8. The summed E-state index contributed by atoms with van der Waals surface area (Å²) in [4.78, 5) is 24.6. The van der Waals surface area contributed by atoms with Crippen LogP contribution in [0.4, 0.5) is 22.0 Å². The number of Topliss-reactive ketones (excluding diaryl/α,β-unsaturated/α-hetero) is 1. The van der Waals surface area contributed by atoms with Gasteiger partial charge in [-0.3, -0.25) is 9.08 Å². The molecule has 37 heavy (non-hydrogen) atoms. The second-order valence-electron chi connectivity index (χ2n) is 9.86. The number of rotatable bonds is 6. The number of hydrogen-bond donors (Lipinski definition) is 0. The zero-order chi connectivity index (χ0) is 26.8. The van der Waals surface area contributed by atoms with Crippen LogP contribution in [0, 0.1) is 17.8 Å². The van der Waals surface area contributed by atoms with Crippen LogP contribution in [0.5, 0.6) is 0 Å². The highest BCUT2D eigenvalue weighted by molar-refractivity contribution is 7.88. The smallest absolute Gasteiger partial charge is 0.454 e. The number of benzene rings is 2. The highest BCUT2D eigenvalue weighted by Crippen LogP contribution is 2.56. The topological polar surface area (TPSA) is 99.1 Å². The number of nitrogens with zero attached hydrogens (tertiary/aromatic N) is 1. The Hall–Kier alpha value is -3.09. The molecule has 0 saturated heterocycles. The van der Waals surface area contributed by atoms with Crippen molar-refractivity contribution < 1.29 is 49.0 Å². The predicted molar refractivity (Wildman–Crippen MR) is 119 cm³/mol. The van der Waals surface area contributed by atoms with Crippen LogP contribution in [0.25, 0.3) is 10.8 Å². The zero-order valence-electron chi connectivity index (χ0n) is 19.0. The van der Waals surface area contributed by atoms with E-state index in [1.165, 1.54) is 12.1 Å². The molecule has 2 aromatic rings. The van der Waals surface area contributed by atoms with Gasteiger partial charge in [-0.25, -0.2) is 4.79 Å². The summed E-state index contributed by atoms with van der Waals surface area (Å²) in [5.74, 6) is -3.43. The first-order chi connectivity index (χ1) is 17.2. The maximum Gasteiger partial charge on any atom is 0.478 e. The number of halogens is 5. The van der Waals surface area contributed by atoms with Crippen LogP contribution in [0.15, 0.2) is 47.6 Å². The molecule has 2 unspecified atom stereocenters. The van der Waals surface area contributed by atoms with Gasteiger partial charge in [-0.05, 0) is 54.9 Å². The number of alkyl halides is 5. The van der Waals surface area contributed by atoms with E-state index in [1.807, 2.05) is 0 Å². The van der Waals surface area contributed by atoms with Crippen LogP contribution < -0.4 is 0 Å². The number of ether oxygens (including phenoxy) is 1. The van der Waals surface area contributed by atoms with Crippen molar-refractivity contribution in [2.24, 2.45) is 22.9 Å². The minimum absolute atomic E-state index is 0.000103. The number of ketones is 1. The summed E-state index contributed by atoms with van der Waals surface area (Å²) in [5.41, 5.74) is -3.94. The van der Waals surface area contributed by atoms with Crippen molar-refractivity contribution in [3.63, 3.8) is 0 Å². The van der Waals surface area contributed by atoms with E-state index in [9.17, 15) is 40.0 Å². The van der Waals surface area contributed by atoms with Gasteiger partial charge in [0.2, 0.25) is 0 Å². The third-order valence-electron chi connectivity index (χ3n) is 7.32. The molecule has 4 bridgehead atoms. The molecule has 0 heterocycles. The molecule has 6 rings (SSSR count). The van der Waals surface area contributed by atoms with Gasteiger partial charge in [0.15, 0.2) is 5.71 Å². The van der Waals surface area contributed by atoms with Gasteiger partial charge in [0.25, 0.3) is 0 Å². The Morgan fingerprint density at radius 2 is 1.57 bits per heavy atom. The summed E-state index contributed by atoms with van der Waals surface area (Å²) < 4.78 is 103. The lowest BCUT2D eigenvalue weighted by Crippen LogP contribution is -2.58. The predicted octanol–water partition coefficient (Wildman–Crippen LogP) is 4.74. The van der Waals surface area contributed by atoms with Crippen LogP contribution in [0.3, 0.4) is 0 Å². The van der Waals surface area contributed by atoms with Gasteiger partial charge < -0.3 is 4.74 Å². The van der Waals surface area contributed by atoms with Gasteiger partial charge in [-0.2, -0.15) is 30.4 Å². The molecule has 0 aromatic heterocycles. The van der Waals surface area contributed by atoms with E-state index in [1.54, 1.807) is 18.2 Å². The van der Waals surface area contributed by atoms with Crippen molar-refractivity contribution in [3.8, 4) is 0 Å². The Kier molecular flexibility index (Phi) is 5.85. The Morgan fingerprint density at radius 1 is 0.946 bits per heavy atom. The van der Waals surface area contributed by atoms with E-state index in [2.05, 4.69) is 9.44 Å². The van der Waals surface area contributed by atoms with E-state index < -0.39 is 56.2 Å². The summed E-state index contributed by atoms with van der Waals surface area (Å²) in [6, 6.07) is 9.65. The number of fused-ring (bicyclic) bond motifs is 1. The second-order valence-corrected chi connectivity index (χ2v) is 11.4. The Morgan fingerprint density at radius 3 is 2.19 bits per heavy atom. The molecule has 0 radical (unpaired) electrons. The normalized spacial score (nSPS) is 28.0. The maximum atomic E-state index is 14.7. The highest BCUT2D eigenvalue weighted by Gasteiger charge is 2.63. The van der Waals surface area contributed by atoms with Crippen molar-refractivity contribution in [3.05, 3.63) is 48.0 Å². The van der Waals surface area contributed by atoms with Crippen molar-refractivity contribution in [2.45, 2.75) is 49.1 Å². The van der Waals surface area contributed by atoms with Gasteiger partial charge in [-0.1, -0.05) is 41.6 Å². The van der Waals surface area contributed by atoms with Crippen LogP contribution in [-0.4, -0.2) is 42.9 Å². The van der Waals surface area contributed by atoms with Crippen molar-refractivity contribution in [1.82, 2.24) is 0 Å². The molecule has 7 nitrogen and oxygen atoms in total. The summed E-state index contributed by atoms with van der Waals surface area (Å²) in [7, 11) is -6.32. The monoisotopic (exact) mass is 545 g/mol. The third-order valence-corrected chi connectivity index (χ3v) is 8.38. The molecule has 2 atom stereocenters. The van der Waals surface area contributed by atoms with Gasteiger partial charge in [0.1, 0.15) is 11.4 Å². The fraction of sp³-hybridized carbons (Fsp3) is 0.458. The molecule has 0 N–H and O–H groups in total. The maximum absolute atomic E-state index is 14.7. The summed E-state index contributed by atoms with van der Waals surface area (Å²) >= 11 is 0. The molecule has 0 spiro atoms. The zero-order valence-corrected chi connectivity index (χ0v) is 19.8. The van der Waals surface area contributed by atoms with Gasteiger partial charge >= 0.3 is 27.5 Å². The van der Waals surface area contributed by atoms with E-state index in [4.69, 9.17) is 4.74 Å². The van der Waals surface area contributed by atoms with E-state index in [0.717, 1.165) is 12.1 Å². The SMILES string of the molecule is O=C1C2CC3CC1CC(OC(=O)C(F)(F)S(=O)(=O)O/N=C(/c1ccc4ccccc4c1)C(F)(F)F)(C3)C2. The molecule has 198 valence electrons. The average molecular weight is 545 g/mol. The number of hydrogen-bond acceptors (Lipinski definition) is 7. The molecule has 4 fully saturated rings. The van der Waals surface area contributed by atoms with Crippen molar-refractivity contribution in [1.29, 1.82) is 0 Å². The quantitative estimate of drug-likeness (QED) is 0.225. The number of carbonyl (C=O) groups is 2. The third kappa shape index (κ3) is 4.47. The number of oxime groups is 1. The Bertz CT molecular complexity index is 1400. The lowest BCUT2D eigenvalue weighted by Gasteiger charge is -2.54. The van der Waals surface area contributed by atoms with E-state index >= 15 is 0 Å². The molecular weight excluding hydrogens is 525 g/mol. The van der Waals surface area contributed by atoms with Crippen LogP contribution in [0.1, 0.15) is 37.7 Å². The molecule has 4 saturated carbocycles. The van der Waals surface area contributed by atoms with Crippen LogP contribution in [-0.2, 0) is 28.7 Å². The number of carbonyl (C=O) groups excluding carboxylic acids is 2. The fourth-order valence-corrected chi connectivity index (χ4v) is 6.41.